The molecule has 1 aliphatic carbocycles. The summed E-state index contributed by atoms with van der Waals surface area (Å²) in [5, 5.41) is 3.46. The van der Waals surface area contributed by atoms with Gasteiger partial charge in [-0.15, -0.1) is 0 Å². The highest BCUT2D eigenvalue weighted by molar-refractivity contribution is 5.76. The Balaban J connectivity index is 1.79. The van der Waals surface area contributed by atoms with Crippen molar-refractivity contribution < 1.29 is 0 Å². The second kappa shape index (κ2) is 5.96. The van der Waals surface area contributed by atoms with Crippen molar-refractivity contribution in [2.45, 2.75) is 64.5 Å². The number of imidazole rings is 1. The molecule has 0 amide bonds. The second-order valence-corrected chi connectivity index (χ2v) is 6.34. The fourth-order valence-electron chi connectivity index (χ4n) is 3.08. The molecule has 1 saturated carbocycles. The van der Waals surface area contributed by atoms with Gasteiger partial charge >= 0.3 is 0 Å². The maximum Gasteiger partial charge on any atom is 0.110 e. The molecule has 1 aromatic carbocycles. The number of hydrogen-bond donors (Lipinski definition) is 2. The molecule has 108 valence electrons. The molecule has 1 fully saturated rings. The summed E-state index contributed by atoms with van der Waals surface area (Å²) in [4.78, 5) is 8.35. The Hall–Kier alpha value is -1.35. The molecule has 3 heteroatoms. The van der Waals surface area contributed by atoms with Gasteiger partial charge in [0.15, 0.2) is 0 Å². The van der Waals surface area contributed by atoms with Crippen molar-refractivity contribution in [1.29, 1.82) is 0 Å². The highest BCUT2D eigenvalue weighted by Gasteiger charge is 2.18. The summed E-state index contributed by atoms with van der Waals surface area (Å²) >= 11 is 0. The summed E-state index contributed by atoms with van der Waals surface area (Å²) < 4.78 is 0. The lowest BCUT2D eigenvalue weighted by atomic mass is 9.89. The summed E-state index contributed by atoms with van der Waals surface area (Å²) in [6.45, 7) is 5.28. The van der Waals surface area contributed by atoms with Crippen molar-refractivity contribution in [2.75, 3.05) is 0 Å². The number of H-pyrrole nitrogens is 1. The lowest BCUT2D eigenvalue weighted by Gasteiger charge is -2.18. The van der Waals surface area contributed by atoms with E-state index in [1.54, 1.807) is 0 Å². The van der Waals surface area contributed by atoms with E-state index in [9.17, 15) is 0 Å². The van der Waals surface area contributed by atoms with E-state index in [0.717, 1.165) is 12.1 Å². The first-order chi connectivity index (χ1) is 9.72. The fourth-order valence-corrected chi connectivity index (χ4v) is 3.08. The minimum Gasteiger partial charge on any atom is -0.342 e. The predicted molar refractivity (Wildman–Crippen MR) is 83.9 cm³/mol. The van der Waals surface area contributed by atoms with Gasteiger partial charge in [0.1, 0.15) is 5.82 Å². The number of nitrogens with one attached hydrogen (secondary N) is 2. The van der Waals surface area contributed by atoms with Gasteiger partial charge in [-0.25, -0.2) is 4.98 Å². The second-order valence-electron chi connectivity index (χ2n) is 6.34. The number of aromatic nitrogens is 2. The molecule has 3 nitrogen and oxygen atoms in total. The quantitative estimate of drug-likeness (QED) is 0.878. The van der Waals surface area contributed by atoms with Crippen molar-refractivity contribution in [3.63, 3.8) is 0 Å². The van der Waals surface area contributed by atoms with Crippen LogP contribution in [0.4, 0.5) is 0 Å². The first kappa shape index (κ1) is 13.6. The van der Waals surface area contributed by atoms with Gasteiger partial charge in [0.05, 0.1) is 11.0 Å². The van der Waals surface area contributed by atoms with E-state index in [-0.39, 0.29) is 0 Å². The summed E-state index contributed by atoms with van der Waals surface area (Å²) in [7, 11) is 0. The standard InChI is InChI=1S/C17H25N3/c1-12(2)18-11-13-8-9-15-16(10-13)20-17(19-15)14-6-4-3-5-7-14/h8-10,12,14,18H,3-7,11H2,1-2H3,(H,19,20). The third kappa shape index (κ3) is 3.04. The molecule has 0 radical (unpaired) electrons. The Morgan fingerprint density at radius 3 is 2.80 bits per heavy atom. The van der Waals surface area contributed by atoms with Crippen LogP contribution in [0, 0.1) is 0 Å². The molecule has 0 unspecified atom stereocenters. The Labute approximate surface area is 121 Å². The Kier molecular flexibility index (Phi) is 4.06. The molecule has 0 atom stereocenters. The lowest BCUT2D eigenvalue weighted by molar-refractivity contribution is 0.431. The molecule has 3 rings (SSSR count). The van der Waals surface area contributed by atoms with Crippen LogP contribution in [0.15, 0.2) is 18.2 Å². The average molecular weight is 271 g/mol. The third-order valence-electron chi connectivity index (χ3n) is 4.27. The van der Waals surface area contributed by atoms with Crippen LogP contribution in [-0.2, 0) is 6.54 Å². The van der Waals surface area contributed by atoms with Crippen LogP contribution in [0.5, 0.6) is 0 Å². The van der Waals surface area contributed by atoms with Crippen LogP contribution >= 0.6 is 0 Å². The highest BCUT2D eigenvalue weighted by Crippen LogP contribution is 2.32. The van der Waals surface area contributed by atoms with Crippen molar-refractivity contribution in [1.82, 2.24) is 15.3 Å². The van der Waals surface area contributed by atoms with E-state index in [4.69, 9.17) is 4.98 Å². The maximum absolute atomic E-state index is 4.80. The molecule has 2 aromatic rings. The van der Waals surface area contributed by atoms with Crippen molar-refractivity contribution >= 4 is 11.0 Å². The summed E-state index contributed by atoms with van der Waals surface area (Å²) in [6.07, 6.45) is 6.68. The SMILES string of the molecule is CC(C)NCc1ccc2nc(C3CCCCC3)[nH]c2c1. The third-order valence-corrected chi connectivity index (χ3v) is 4.27. The van der Waals surface area contributed by atoms with Crippen LogP contribution in [-0.4, -0.2) is 16.0 Å². The monoisotopic (exact) mass is 271 g/mol. The van der Waals surface area contributed by atoms with Crippen LogP contribution in [0.25, 0.3) is 11.0 Å². The molecule has 1 aromatic heterocycles. The normalized spacial score (nSPS) is 17.1. The number of nitrogens with zero attached hydrogens (tertiary/aromatic N) is 1. The van der Waals surface area contributed by atoms with Gasteiger partial charge in [-0.1, -0.05) is 39.2 Å². The minimum atomic E-state index is 0.519. The van der Waals surface area contributed by atoms with Crippen LogP contribution < -0.4 is 5.32 Å². The van der Waals surface area contributed by atoms with Crippen molar-refractivity contribution in [3.8, 4) is 0 Å². The average Bonchev–Trinajstić information content (AvgIpc) is 2.89. The number of benzene rings is 1. The van der Waals surface area contributed by atoms with Gasteiger partial charge < -0.3 is 10.3 Å². The van der Waals surface area contributed by atoms with Crippen molar-refractivity contribution in [2.24, 2.45) is 0 Å². The Bertz CT molecular complexity index is 565. The van der Waals surface area contributed by atoms with Crippen LogP contribution in [0.2, 0.25) is 0 Å². The van der Waals surface area contributed by atoms with Gasteiger partial charge in [0, 0.05) is 18.5 Å². The first-order valence-corrected chi connectivity index (χ1v) is 7.94. The molecule has 1 aliphatic rings. The van der Waals surface area contributed by atoms with E-state index in [1.165, 1.54) is 49.0 Å². The zero-order valence-corrected chi connectivity index (χ0v) is 12.6. The first-order valence-electron chi connectivity index (χ1n) is 7.94. The summed E-state index contributed by atoms with van der Waals surface area (Å²) in [5.41, 5.74) is 3.62. The fraction of sp³-hybridized carbons (Fsp3) is 0.588. The smallest absolute Gasteiger partial charge is 0.110 e. The van der Waals surface area contributed by atoms with E-state index >= 15 is 0 Å². The largest absolute Gasteiger partial charge is 0.342 e. The zero-order valence-electron chi connectivity index (χ0n) is 12.6. The number of aromatic amines is 1. The predicted octanol–water partition coefficient (Wildman–Crippen LogP) is 4.11. The Morgan fingerprint density at radius 1 is 1.25 bits per heavy atom. The highest BCUT2D eigenvalue weighted by atomic mass is 14.9. The molecule has 0 spiro atoms. The molecule has 1 heterocycles. The van der Waals surface area contributed by atoms with Gasteiger partial charge in [-0.05, 0) is 30.5 Å². The summed E-state index contributed by atoms with van der Waals surface area (Å²) in [6, 6.07) is 7.09. The molecule has 20 heavy (non-hydrogen) atoms. The van der Waals surface area contributed by atoms with Gasteiger partial charge in [0.2, 0.25) is 0 Å². The zero-order chi connectivity index (χ0) is 13.9. The molecule has 0 bridgehead atoms. The van der Waals surface area contributed by atoms with E-state index in [2.05, 4.69) is 42.3 Å². The summed E-state index contributed by atoms with van der Waals surface area (Å²) in [5.74, 6) is 1.85. The molecule has 0 saturated heterocycles. The number of fused-ring (bicyclic) bond motifs is 1. The Morgan fingerprint density at radius 2 is 2.05 bits per heavy atom. The number of hydrogen-bond acceptors (Lipinski definition) is 2. The molecule has 2 N–H and O–H groups in total. The maximum atomic E-state index is 4.80. The number of rotatable bonds is 4. The van der Waals surface area contributed by atoms with E-state index in [1.807, 2.05) is 0 Å². The van der Waals surface area contributed by atoms with Crippen molar-refractivity contribution in [3.05, 3.63) is 29.6 Å². The topological polar surface area (TPSA) is 40.7 Å². The molecular formula is C17H25N3. The molecule has 0 aliphatic heterocycles. The van der Waals surface area contributed by atoms with E-state index in [0.29, 0.717) is 12.0 Å². The van der Waals surface area contributed by atoms with Crippen LogP contribution in [0.1, 0.15) is 63.3 Å². The lowest BCUT2D eigenvalue weighted by Crippen LogP contribution is -2.21. The van der Waals surface area contributed by atoms with E-state index < -0.39 is 0 Å². The van der Waals surface area contributed by atoms with Gasteiger partial charge in [0.25, 0.3) is 0 Å². The minimum absolute atomic E-state index is 0.519. The molecular weight excluding hydrogens is 246 g/mol. The van der Waals surface area contributed by atoms with Gasteiger partial charge in [-0.3, -0.25) is 0 Å². The van der Waals surface area contributed by atoms with Gasteiger partial charge in [-0.2, -0.15) is 0 Å². The van der Waals surface area contributed by atoms with Crippen LogP contribution in [0.3, 0.4) is 0 Å².